The standard InChI is InChI=1S/C21H24O7S/c1-6-28-21-18(26-3)11-14(12-19(21)27-4)7-9-16(22)15-8-10-20(29(5,23)24)17(13-15)25-2/h7-13H,6H2,1-5H3/b9-7+. The van der Waals surface area contributed by atoms with E-state index in [1.807, 2.05) is 6.92 Å². The summed E-state index contributed by atoms with van der Waals surface area (Å²) in [6, 6.07) is 7.67. The van der Waals surface area contributed by atoms with Crippen LogP contribution in [0.25, 0.3) is 6.08 Å². The van der Waals surface area contributed by atoms with Crippen molar-refractivity contribution in [3.63, 3.8) is 0 Å². The normalized spacial score (nSPS) is 11.3. The van der Waals surface area contributed by atoms with Gasteiger partial charge in [-0.3, -0.25) is 4.79 Å². The van der Waals surface area contributed by atoms with Crippen molar-refractivity contribution in [2.45, 2.75) is 11.8 Å². The minimum atomic E-state index is -3.46. The summed E-state index contributed by atoms with van der Waals surface area (Å²) in [6.45, 7) is 2.31. The van der Waals surface area contributed by atoms with E-state index in [-0.39, 0.29) is 16.4 Å². The summed E-state index contributed by atoms with van der Waals surface area (Å²) in [6.07, 6.45) is 4.07. The molecule has 0 aromatic heterocycles. The van der Waals surface area contributed by atoms with Gasteiger partial charge in [0.05, 0.1) is 27.9 Å². The molecular formula is C21H24O7S. The molecule has 0 bridgehead atoms. The SMILES string of the molecule is CCOc1c(OC)cc(/C=C/C(=O)c2ccc(S(C)(=O)=O)c(OC)c2)cc1OC. The van der Waals surface area contributed by atoms with Crippen LogP contribution in [0, 0.1) is 0 Å². The number of rotatable bonds is 9. The number of carbonyl (C=O) groups excluding carboxylic acids is 1. The first-order valence-electron chi connectivity index (χ1n) is 8.74. The lowest BCUT2D eigenvalue weighted by Gasteiger charge is -2.14. The highest BCUT2D eigenvalue weighted by atomic mass is 32.2. The van der Waals surface area contributed by atoms with E-state index >= 15 is 0 Å². The van der Waals surface area contributed by atoms with Crippen LogP contribution in [-0.4, -0.2) is 48.4 Å². The van der Waals surface area contributed by atoms with E-state index in [4.69, 9.17) is 18.9 Å². The zero-order valence-corrected chi connectivity index (χ0v) is 17.8. The molecule has 0 aliphatic heterocycles. The molecule has 0 heterocycles. The third-order valence-corrected chi connectivity index (χ3v) is 5.18. The second-order valence-corrected chi connectivity index (χ2v) is 8.01. The molecule has 0 N–H and O–H groups in total. The lowest BCUT2D eigenvalue weighted by Crippen LogP contribution is -2.03. The summed E-state index contributed by atoms with van der Waals surface area (Å²) >= 11 is 0. The first kappa shape index (κ1) is 22.3. The molecule has 0 aliphatic rings. The minimum absolute atomic E-state index is 0.0292. The Hall–Kier alpha value is -3.00. The van der Waals surface area contributed by atoms with Crippen molar-refractivity contribution >= 4 is 21.7 Å². The van der Waals surface area contributed by atoms with Crippen LogP contribution >= 0.6 is 0 Å². The maximum Gasteiger partial charge on any atom is 0.203 e. The zero-order chi connectivity index (χ0) is 21.6. The molecule has 0 amide bonds. The molecule has 2 aromatic rings. The predicted octanol–water partition coefficient (Wildman–Crippen LogP) is 3.41. The molecule has 7 nitrogen and oxygen atoms in total. The van der Waals surface area contributed by atoms with E-state index in [2.05, 4.69) is 0 Å². The van der Waals surface area contributed by atoms with Crippen LogP contribution in [0.5, 0.6) is 23.0 Å². The number of hydrogen-bond acceptors (Lipinski definition) is 7. The fourth-order valence-corrected chi connectivity index (χ4v) is 3.50. The van der Waals surface area contributed by atoms with Crippen LogP contribution in [-0.2, 0) is 9.84 Å². The van der Waals surface area contributed by atoms with Gasteiger partial charge in [0.15, 0.2) is 27.1 Å². The molecule has 0 unspecified atom stereocenters. The molecule has 0 fully saturated rings. The molecule has 0 saturated heterocycles. The Labute approximate surface area is 170 Å². The molecular weight excluding hydrogens is 396 g/mol. The van der Waals surface area contributed by atoms with Crippen LogP contribution in [0.1, 0.15) is 22.8 Å². The molecule has 2 rings (SSSR count). The van der Waals surface area contributed by atoms with Gasteiger partial charge < -0.3 is 18.9 Å². The van der Waals surface area contributed by atoms with Gasteiger partial charge in [0.1, 0.15) is 10.6 Å². The van der Waals surface area contributed by atoms with Gasteiger partial charge in [-0.25, -0.2) is 8.42 Å². The average Bonchev–Trinajstić information content (AvgIpc) is 2.71. The third-order valence-electron chi connectivity index (χ3n) is 4.05. The maximum atomic E-state index is 12.5. The lowest BCUT2D eigenvalue weighted by molar-refractivity contribution is 0.104. The van der Waals surface area contributed by atoms with Gasteiger partial charge in [-0.05, 0) is 48.9 Å². The Bertz CT molecular complexity index is 998. The highest BCUT2D eigenvalue weighted by Gasteiger charge is 2.16. The molecule has 0 radical (unpaired) electrons. The molecule has 8 heteroatoms. The van der Waals surface area contributed by atoms with Crippen LogP contribution in [0.15, 0.2) is 41.3 Å². The number of allylic oxidation sites excluding steroid dienone is 1. The number of hydrogen-bond donors (Lipinski definition) is 0. The van der Waals surface area contributed by atoms with Gasteiger partial charge in [0.25, 0.3) is 0 Å². The summed E-state index contributed by atoms with van der Waals surface area (Å²) in [5.41, 5.74) is 0.977. The molecule has 0 spiro atoms. The van der Waals surface area contributed by atoms with E-state index in [9.17, 15) is 13.2 Å². The molecule has 2 aromatic carbocycles. The van der Waals surface area contributed by atoms with Crippen LogP contribution in [0.3, 0.4) is 0 Å². The van der Waals surface area contributed by atoms with Gasteiger partial charge in [-0.2, -0.15) is 0 Å². The van der Waals surface area contributed by atoms with Gasteiger partial charge in [-0.1, -0.05) is 6.08 Å². The first-order valence-corrected chi connectivity index (χ1v) is 10.6. The van der Waals surface area contributed by atoms with E-state index in [1.165, 1.54) is 45.6 Å². The predicted molar refractivity (Wildman–Crippen MR) is 110 cm³/mol. The summed E-state index contributed by atoms with van der Waals surface area (Å²) in [5, 5.41) is 0. The highest BCUT2D eigenvalue weighted by molar-refractivity contribution is 7.90. The van der Waals surface area contributed by atoms with E-state index < -0.39 is 9.84 Å². The first-order chi connectivity index (χ1) is 13.7. The zero-order valence-electron chi connectivity index (χ0n) is 17.0. The van der Waals surface area contributed by atoms with Crippen molar-refractivity contribution in [2.24, 2.45) is 0 Å². The molecule has 0 aliphatic carbocycles. The Kier molecular flexibility index (Phi) is 7.28. The Morgan fingerprint density at radius 2 is 1.55 bits per heavy atom. The number of ketones is 1. The highest BCUT2D eigenvalue weighted by Crippen LogP contribution is 2.39. The third kappa shape index (κ3) is 5.29. The summed E-state index contributed by atoms with van der Waals surface area (Å²) in [4.78, 5) is 12.6. The summed E-state index contributed by atoms with van der Waals surface area (Å²) in [7, 11) is 0.931. The number of methoxy groups -OCH3 is 3. The Morgan fingerprint density at radius 3 is 2.03 bits per heavy atom. The van der Waals surface area contributed by atoms with Crippen LogP contribution in [0.2, 0.25) is 0 Å². The topological polar surface area (TPSA) is 88.1 Å². The Morgan fingerprint density at radius 1 is 0.966 bits per heavy atom. The van der Waals surface area contributed by atoms with Crippen molar-refractivity contribution in [1.82, 2.24) is 0 Å². The summed E-state index contributed by atoms with van der Waals surface area (Å²) < 4.78 is 45.0. The molecule has 156 valence electrons. The summed E-state index contributed by atoms with van der Waals surface area (Å²) in [5.74, 6) is 1.27. The number of carbonyl (C=O) groups is 1. The van der Waals surface area contributed by atoms with E-state index in [0.717, 1.165) is 6.26 Å². The van der Waals surface area contributed by atoms with Gasteiger partial charge >= 0.3 is 0 Å². The molecule has 0 atom stereocenters. The van der Waals surface area contributed by atoms with E-state index in [0.29, 0.717) is 35.0 Å². The average molecular weight is 420 g/mol. The van der Waals surface area contributed by atoms with Crippen LogP contribution in [0.4, 0.5) is 0 Å². The smallest absolute Gasteiger partial charge is 0.203 e. The number of benzene rings is 2. The minimum Gasteiger partial charge on any atom is -0.495 e. The van der Waals surface area contributed by atoms with Crippen molar-refractivity contribution in [3.8, 4) is 23.0 Å². The second-order valence-electron chi connectivity index (χ2n) is 6.02. The lowest BCUT2D eigenvalue weighted by atomic mass is 10.1. The fraction of sp³-hybridized carbons (Fsp3) is 0.286. The van der Waals surface area contributed by atoms with Gasteiger partial charge in [0.2, 0.25) is 5.75 Å². The second kappa shape index (κ2) is 9.47. The molecule has 0 saturated carbocycles. The fourth-order valence-electron chi connectivity index (χ4n) is 2.68. The van der Waals surface area contributed by atoms with Crippen molar-refractivity contribution < 1.29 is 32.2 Å². The number of ether oxygens (including phenoxy) is 4. The van der Waals surface area contributed by atoms with Crippen molar-refractivity contribution in [3.05, 3.63) is 47.5 Å². The van der Waals surface area contributed by atoms with Crippen molar-refractivity contribution in [1.29, 1.82) is 0 Å². The maximum absolute atomic E-state index is 12.5. The van der Waals surface area contributed by atoms with Crippen LogP contribution < -0.4 is 18.9 Å². The van der Waals surface area contributed by atoms with Gasteiger partial charge in [0, 0.05) is 11.8 Å². The van der Waals surface area contributed by atoms with Gasteiger partial charge in [-0.15, -0.1) is 0 Å². The van der Waals surface area contributed by atoms with Crippen molar-refractivity contribution in [2.75, 3.05) is 34.2 Å². The quantitative estimate of drug-likeness (QED) is 0.454. The van der Waals surface area contributed by atoms with E-state index in [1.54, 1.807) is 18.2 Å². The number of sulfone groups is 1. The molecule has 29 heavy (non-hydrogen) atoms. The monoisotopic (exact) mass is 420 g/mol. The Balaban J connectivity index is 2.36. The largest absolute Gasteiger partial charge is 0.495 e.